The van der Waals surface area contributed by atoms with Gasteiger partial charge in [0.05, 0.1) is 7.11 Å². The molecule has 1 heterocycles. The Morgan fingerprint density at radius 2 is 2.21 bits per heavy atom. The van der Waals surface area contributed by atoms with Gasteiger partial charge in [-0.05, 0) is 12.1 Å². The number of halogens is 1. The summed E-state index contributed by atoms with van der Waals surface area (Å²) in [7, 11) is 1.22. The van der Waals surface area contributed by atoms with Crippen LogP contribution in [0, 0.1) is 0 Å². The van der Waals surface area contributed by atoms with Crippen molar-refractivity contribution >= 4 is 23.4 Å². The van der Waals surface area contributed by atoms with Crippen LogP contribution in [0.25, 0.3) is 0 Å². The van der Waals surface area contributed by atoms with Gasteiger partial charge in [0, 0.05) is 0 Å². The molecule has 0 aliphatic rings. The van der Waals surface area contributed by atoms with Gasteiger partial charge in [-0.25, -0.2) is 4.98 Å². The summed E-state index contributed by atoms with van der Waals surface area (Å²) in [6.07, 6.45) is -0.316. The number of Topliss-reactive ketones (excluding diaryl/α,β-unsaturated/α-hetero) is 1. The second kappa shape index (κ2) is 4.72. The van der Waals surface area contributed by atoms with E-state index in [2.05, 4.69) is 9.72 Å². The third-order valence-corrected chi connectivity index (χ3v) is 1.74. The Kier molecular flexibility index (Phi) is 3.59. The van der Waals surface area contributed by atoms with Gasteiger partial charge in [-0.2, -0.15) is 0 Å². The van der Waals surface area contributed by atoms with Crippen molar-refractivity contribution in [2.45, 2.75) is 6.42 Å². The number of esters is 1. The van der Waals surface area contributed by atoms with Crippen molar-refractivity contribution in [2.75, 3.05) is 7.11 Å². The number of aromatic nitrogens is 1. The van der Waals surface area contributed by atoms with Crippen molar-refractivity contribution in [3.63, 3.8) is 0 Å². The van der Waals surface area contributed by atoms with Crippen LogP contribution in [0.15, 0.2) is 18.2 Å². The van der Waals surface area contributed by atoms with Gasteiger partial charge in [0.1, 0.15) is 17.3 Å². The van der Waals surface area contributed by atoms with Crippen LogP contribution in [0.5, 0.6) is 0 Å². The molecule has 0 aliphatic carbocycles. The van der Waals surface area contributed by atoms with Crippen molar-refractivity contribution in [3.8, 4) is 0 Å². The lowest BCUT2D eigenvalue weighted by atomic mass is 10.2. The van der Waals surface area contributed by atoms with Gasteiger partial charge in [-0.1, -0.05) is 17.7 Å². The van der Waals surface area contributed by atoms with Gasteiger partial charge in [-0.15, -0.1) is 0 Å². The SMILES string of the molecule is COC(=O)CC(=O)c1cccc(Cl)n1. The lowest BCUT2D eigenvalue weighted by Crippen LogP contribution is -2.10. The molecule has 1 aromatic heterocycles. The summed E-state index contributed by atoms with van der Waals surface area (Å²) >= 11 is 5.58. The van der Waals surface area contributed by atoms with E-state index in [4.69, 9.17) is 11.6 Å². The van der Waals surface area contributed by atoms with Crippen LogP contribution in [-0.2, 0) is 9.53 Å². The van der Waals surface area contributed by atoms with E-state index in [9.17, 15) is 9.59 Å². The molecule has 74 valence electrons. The standard InChI is InChI=1S/C9H8ClNO3/c1-14-9(13)5-7(12)6-3-2-4-8(10)11-6/h2-4H,5H2,1H3. The normalized spacial score (nSPS) is 9.57. The molecule has 14 heavy (non-hydrogen) atoms. The molecule has 4 nitrogen and oxygen atoms in total. The van der Waals surface area contributed by atoms with Crippen LogP contribution in [0.2, 0.25) is 5.15 Å². The summed E-state index contributed by atoms with van der Waals surface area (Å²) in [5.74, 6) is -0.990. The fourth-order valence-electron chi connectivity index (χ4n) is 0.857. The first-order chi connectivity index (χ1) is 6.63. The van der Waals surface area contributed by atoms with Crippen molar-refractivity contribution in [3.05, 3.63) is 29.0 Å². The monoisotopic (exact) mass is 213 g/mol. The molecular weight excluding hydrogens is 206 g/mol. The fourth-order valence-corrected chi connectivity index (χ4v) is 1.02. The van der Waals surface area contributed by atoms with E-state index >= 15 is 0 Å². The molecule has 0 amide bonds. The van der Waals surface area contributed by atoms with Crippen LogP contribution in [0.4, 0.5) is 0 Å². The van der Waals surface area contributed by atoms with Crippen LogP contribution in [0.1, 0.15) is 16.9 Å². The number of hydrogen-bond donors (Lipinski definition) is 0. The summed E-state index contributed by atoms with van der Waals surface area (Å²) < 4.78 is 4.35. The molecule has 0 N–H and O–H groups in total. The Labute approximate surface area is 85.9 Å². The Balaban J connectivity index is 2.75. The van der Waals surface area contributed by atoms with Crippen LogP contribution in [0.3, 0.4) is 0 Å². The summed E-state index contributed by atoms with van der Waals surface area (Å²) in [6.45, 7) is 0. The Bertz CT molecular complexity index is 365. The van der Waals surface area contributed by atoms with Gasteiger partial charge in [0.2, 0.25) is 0 Å². The quantitative estimate of drug-likeness (QED) is 0.330. The number of carbonyl (C=O) groups is 2. The lowest BCUT2D eigenvalue weighted by molar-refractivity contribution is -0.139. The van der Waals surface area contributed by atoms with Gasteiger partial charge in [0.15, 0.2) is 5.78 Å². The highest BCUT2D eigenvalue weighted by atomic mass is 35.5. The Hall–Kier alpha value is -1.42. The van der Waals surface area contributed by atoms with E-state index in [0.717, 1.165) is 0 Å². The van der Waals surface area contributed by atoms with E-state index in [1.807, 2.05) is 0 Å². The summed E-state index contributed by atoms with van der Waals surface area (Å²) in [6, 6.07) is 4.65. The lowest BCUT2D eigenvalue weighted by Gasteiger charge is -1.99. The van der Waals surface area contributed by atoms with Crippen molar-refractivity contribution in [1.29, 1.82) is 0 Å². The van der Waals surface area contributed by atoms with Crippen LogP contribution in [-0.4, -0.2) is 23.8 Å². The second-order valence-electron chi connectivity index (χ2n) is 2.52. The number of methoxy groups -OCH3 is 1. The highest BCUT2D eigenvalue weighted by molar-refractivity contribution is 6.29. The maximum atomic E-state index is 11.3. The average Bonchev–Trinajstić information content (AvgIpc) is 2.17. The van der Waals surface area contributed by atoms with E-state index in [0.29, 0.717) is 0 Å². The zero-order valence-electron chi connectivity index (χ0n) is 7.49. The molecule has 0 saturated heterocycles. The van der Waals surface area contributed by atoms with Crippen molar-refractivity contribution < 1.29 is 14.3 Å². The maximum absolute atomic E-state index is 11.3. The number of rotatable bonds is 3. The molecule has 0 atom stereocenters. The first kappa shape index (κ1) is 10.7. The number of hydrogen-bond acceptors (Lipinski definition) is 4. The summed E-state index contributed by atoms with van der Waals surface area (Å²) in [4.78, 5) is 25.9. The number of ketones is 1. The molecular formula is C9H8ClNO3. The number of carbonyl (C=O) groups excluding carboxylic acids is 2. The van der Waals surface area contributed by atoms with Gasteiger partial charge in [0.25, 0.3) is 0 Å². The highest BCUT2D eigenvalue weighted by Crippen LogP contribution is 2.07. The predicted octanol–water partition coefficient (Wildman–Crippen LogP) is 1.48. The van der Waals surface area contributed by atoms with Crippen molar-refractivity contribution in [2.24, 2.45) is 0 Å². The molecule has 0 bridgehead atoms. The molecule has 0 aromatic carbocycles. The fraction of sp³-hybridized carbons (Fsp3) is 0.222. The zero-order valence-corrected chi connectivity index (χ0v) is 8.25. The molecule has 5 heteroatoms. The maximum Gasteiger partial charge on any atom is 0.313 e. The first-order valence-corrected chi connectivity index (χ1v) is 4.24. The number of nitrogens with zero attached hydrogens (tertiary/aromatic N) is 1. The summed E-state index contributed by atoms with van der Waals surface area (Å²) in [5, 5.41) is 0.223. The Morgan fingerprint density at radius 3 is 2.79 bits per heavy atom. The largest absolute Gasteiger partial charge is 0.469 e. The van der Waals surface area contributed by atoms with E-state index in [1.54, 1.807) is 12.1 Å². The van der Waals surface area contributed by atoms with E-state index < -0.39 is 11.8 Å². The third-order valence-electron chi connectivity index (χ3n) is 1.53. The minimum Gasteiger partial charge on any atom is -0.469 e. The Morgan fingerprint density at radius 1 is 1.50 bits per heavy atom. The van der Waals surface area contributed by atoms with E-state index in [-0.39, 0.29) is 17.3 Å². The first-order valence-electron chi connectivity index (χ1n) is 3.86. The molecule has 0 fully saturated rings. The molecule has 1 aromatic rings. The van der Waals surface area contributed by atoms with Crippen LogP contribution < -0.4 is 0 Å². The molecule has 0 unspecified atom stereocenters. The topological polar surface area (TPSA) is 56.3 Å². The zero-order chi connectivity index (χ0) is 10.6. The highest BCUT2D eigenvalue weighted by Gasteiger charge is 2.13. The van der Waals surface area contributed by atoms with Crippen molar-refractivity contribution in [1.82, 2.24) is 4.98 Å². The number of ether oxygens (including phenoxy) is 1. The van der Waals surface area contributed by atoms with Gasteiger partial charge in [-0.3, -0.25) is 9.59 Å². The van der Waals surface area contributed by atoms with Crippen LogP contribution >= 0.6 is 11.6 Å². The molecule has 0 aliphatic heterocycles. The third kappa shape index (κ3) is 2.81. The minimum atomic E-state index is -0.586. The van der Waals surface area contributed by atoms with Gasteiger partial charge < -0.3 is 4.74 Å². The second-order valence-corrected chi connectivity index (χ2v) is 2.91. The molecule has 0 saturated carbocycles. The minimum absolute atomic E-state index is 0.169. The van der Waals surface area contributed by atoms with E-state index in [1.165, 1.54) is 13.2 Å². The summed E-state index contributed by atoms with van der Waals surface area (Å²) in [5.41, 5.74) is 0.169. The smallest absolute Gasteiger partial charge is 0.313 e. The van der Waals surface area contributed by atoms with Gasteiger partial charge >= 0.3 is 5.97 Å². The number of pyridine rings is 1. The average molecular weight is 214 g/mol. The molecule has 1 rings (SSSR count). The molecule has 0 radical (unpaired) electrons. The predicted molar refractivity (Wildman–Crippen MR) is 50.2 cm³/mol. The molecule has 0 spiro atoms.